The molecule has 2 aliphatic rings. The van der Waals surface area contributed by atoms with Crippen LogP contribution in [-0.2, 0) is 21.2 Å². The van der Waals surface area contributed by atoms with Crippen LogP contribution in [0.2, 0.25) is 0 Å². The molecule has 0 saturated carbocycles. The van der Waals surface area contributed by atoms with Gasteiger partial charge in [-0.3, -0.25) is 14.7 Å². The van der Waals surface area contributed by atoms with E-state index in [0.717, 1.165) is 17.0 Å². The van der Waals surface area contributed by atoms with Crippen molar-refractivity contribution in [2.24, 2.45) is 5.73 Å². The number of halogens is 3. The third-order valence-corrected chi connectivity index (χ3v) is 8.55. The summed E-state index contributed by atoms with van der Waals surface area (Å²) in [5, 5.41) is 3.79. The first-order valence-corrected chi connectivity index (χ1v) is 14.5. The minimum Gasteiger partial charge on any atom is -0.489 e. The lowest BCUT2D eigenvalue weighted by atomic mass is 9.95. The Hall–Kier alpha value is -3.56. The van der Waals surface area contributed by atoms with Crippen molar-refractivity contribution in [1.29, 1.82) is 0 Å². The summed E-state index contributed by atoms with van der Waals surface area (Å²) in [5.41, 5.74) is 5.93. The van der Waals surface area contributed by atoms with E-state index >= 15 is 4.39 Å². The molecule has 2 N–H and O–H groups in total. The van der Waals surface area contributed by atoms with E-state index < -0.39 is 63.1 Å². The first kappa shape index (κ1) is 29.0. The van der Waals surface area contributed by atoms with Crippen molar-refractivity contribution in [2.75, 3.05) is 30.8 Å². The van der Waals surface area contributed by atoms with Gasteiger partial charge in [0.05, 0.1) is 64.9 Å². The summed E-state index contributed by atoms with van der Waals surface area (Å²) in [6, 6.07) is 3.77. The number of rotatable bonds is 6. The number of anilines is 1. The van der Waals surface area contributed by atoms with Crippen molar-refractivity contribution in [3.63, 3.8) is 0 Å². The predicted molar refractivity (Wildman–Crippen MR) is 141 cm³/mol. The van der Waals surface area contributed by atoms with Crippen molar-refractivity contribution >= 4 is 21.4 Å². The minimum absolute atomic E-state index is 0.0839. The number of piperidine rings is 1. The summed E-state index contributed by atoms with van der Waals surface area (Å²) < 4.78 is 80.7. The molecule has 2 atom stereocenters. The van der Waals surface area contributed by atoms with Gasteiger partial charge < -0.3 is 19.9 Å². The van der Waals surface area contributed by atoms with Crippen molar-refractivity contribution in [3.05, 3.63) is 47.9 Å². The van der Waals surface area contributed by atoms with Gasteiger partial charge >= 0.3 is 0 Å². The highest BCUT2D eigenvalue weighted by atomic mass is 32.2. The van der Waals surface area contributed by atoms with Gasteiger partial charge in [-0.05, 0) is 45.2 Å². The van der Waals surface area contributed by atoms with E-state index in [1.54, 1.807) is 19.2 Å². The summed E-state index contributed by atoms with van der Waals surface area (Å²) in [6.07, 6.45) is 0.871. The molecule has 2 aromatic heterocycles. The fraction of sp³-hybridized carbons (Fsp3) is 0.462. The molecule has 1 saturated heterocycles. The fourth-order valence-electron chi connectivity index (χ4n) is 5.06. The van der Waals surface area contributed by atoms with Crippen LogP contribution in [0.5, 0.6) is 5.75 Å². The molecule has 1 unspecified atom stereocenters. The van der Waals surface area contributed by atoms with Gasteiger partial charge in [0.1, 0.15) is 11.6 Å². The summed E-state index contributed by atoms with van der Waals surface area (Å²) in [5.74, 6) is -6.07. The lowest BCUT2D eigenvalue weighted by Gasteiger charge is -2.33. The Bertz CT molecular complexity index is 1560. The molecule has 2 aliphatic heterocycles. The number of hydrogen-bond acceptors (Lipinski definition) is 10. The summed E-state index contributed by atoms with van der Waals surface area (Å²) in [7, 11) is -2.64. The van der Waals surface area contributed by atoms with Crippen molar-refractivity contribution < 1.29 is 35.6 Å². The molecule has 0 bridgehead atoms. The summed E-state index contributed by atoms with van der Waals surface area (Å²) in [6.45, 7) is 3.36. The first-order valence-electron chi connectivity index (χ1n) is 12.9. The van der Waals surface area contributed by atoms with E-state index in [1.807, 2.05) is 13.8 Å². The normalized spacial score (nSPS) is 22.4. The van der Waals surface area contributed by atoms with Crippen LogP contribution in [0.25, 0.3) is 11.4 Å². The molecule has 5 rings (SSSR count). The number of likely N-dealkylation sites (N-methyl/N-ethyl adjacent to an activating group) is 1. The first-order chi connectivity index (χ1) is 19.2. The average molecular weight is 595 g/mol. The molecular weight excluding hydrogens is 565 g/mol. The van der Waals surface area contributed by atoms with E-state index in [2.05, 4.69) is 15.1 Å². The lowest BCUT2D eigenvalue weighted by Crippen LogP contribution is -2.45. The number of carbonyl (C=O) groups is 1. The second-order valence-electron chi connectivity index (χ2n) is 10.7. The van der Waals surface area contributed by atoms with E-state index in [-0.39, 0.29) is 42.2 Å². The number of benzene rings is 1. The number of hydrogen-bond donors (Lipinski definition) is 1. The molecule has 3 aromatic rings. The van der Waals surface area contributed by atoms with Crippen molar-refractivity contribution in [3.8, 4) is 17.1 Å². The van der Waals surface area contributed by atoms with Crippen LogP contribution in [0.3, 0.4) is 0 Å². The molecular formula is C26H29F3N6O5S. The Morgan fingerprint density at radius 2 is 2.02 bits per heavy atom. The standard InChI is InChI=1S/C26H29F3N6O5S/c1-14(2)39-17-5-4-16(31-9-17)11-35-21-6-18(19(27)7-22(21)41(37,38)12-20(30)25(35)36)23-32-24(40-33-23)15-8-26(28,29)13-34(3)10-15/h4-7,9,14-15,20H,8,10-13,30H2,1-3H3/t15?,20-/m0/s1. The van der Waals surface area contributed by atoms with Crippen LogP contribution in [0.1, 0.15) is 37.8 Å². The SMILES string of the molecule is CC(C)Oc1ccc(CN2C(=O)[C@@H](N)CS(=O)(=O)c3cc(F)c(-c4noc(C5CN(C)CC(F)(F)C5)n4)cc32)nc1. The van der Waals surface area contributed by atoms with E-state index in [0.29, 0.717) is 11.4 Å². The fourth-order valence-corrected chi connectivity index (χ4v) is 6.63. The number of nitrogens with zero attached hydrogens (tertiary/aromatic N) is 5. The molecule has 15 heteroatoms. The number of amides is 1. The molecule has 1 fully saturated rings. The van der Waals surface area contributed by atoms with E-state index in [4.69, 9.17) is 15.0 Å². The molecule has 0 spiro atoms. The van der Waals surface area contributed by atoms with Gasteiger partial charge in [0.25, 0.3) is 5.92 Å². The smallest absolute Gasteiger partial charge is 0.261 e. The Morgan fingerprint density at radius 3 is 2.68 bits per heavy atom. The van der Waals surface area contributed by atoms with Crippen molar-refractivity contribution in [2.45, 2.75) is 55.7 Å². The highest BCUT2D eigenvalue weighted by Crippen LogP contribution is 2.38. The Labute approximate surface area is 234 Å². The number of pyridine rings is 1. The van der Waals surface area contributed by atoms with Gasteiger partial charge in [-0.25, -0.2) is 21.6 Å². The Balaban J connectivity index is 1.54. The zero-order valence-electron chi connectivity index (χ0n) is 22.6. The highest BCUT2D eigenvalue weighted by molar-refractivity contribution is 7.91. The molecule has 1 amide bonds. The number of carbonyl (C=O) groups excluding carboxylic acids is 1. The maximum atomic E-state index is 15.4. The zero-order chi connectivity index (χ0) is 29.7. The van der Waals surface area contributed by atoms with Crippen LogP contribution in [0, 0.1) is 5.82 Å². The Morgan fingerprint density at radius 1 is 1.27 bits per heavy atom. The molecule has 41 heavy (non-hydrogen) atoms. The number of sulfone groups is 1. The second kappa shape index (κ2) is 10.7. The van der Waals surface area contributed by atoms with Crippen LogP contribution in [0.4, 0.5) is 18.9 Å². The van der Waals surface area contributed by atoms with E-state index in [1.165, 1.54) is 11.1 Å². The third kappa shape index (κ3) is 6.06. The van der Waals surface area contributed by atoms with E-state index in [9.17, 15) is 22.0 Å². The molecule has 11 nitrogen and oxygen atoms in total. The lowest BCUT2D eigenvalue weighted by molar-refractivity contribution is -0.119. The minimum atomic E-state index is -4.18. The van der Waals surface area contributed by atoms with Gasteiger partial charge in [0.2, 0.25) is 17.6 Å². The van der Waals surface area contributed by atoms with Crippen LogP contribution in [-0.4, -0.2) is 78.3 Å². The maximum absolute atomic E-state index is 15.4. The number of aromatic nitrogens is 3. The number of nitrogens with two attached hydrogens (primary N) is 1. The van der Waals surface area contributed by atoms with Gasteiger partial charge in [0.15, 0.2) is 9.84 Å². The van der Waals surface area contributed by atoms with Gasteiger partial charge in [-0.15, -0.1) is 0 Å². The molecule has 220 valence electrons. The van der Waals surface area contributed by atoms with Crippen LogP contribution >= 0.6 is 0 Å². The maximum Gasteiger partial charge on any atom is 0.261 e. The third-order valence-electron chi connectivity index (χ3n) is 6.76. The highest BCUT2D eigenvalue weighted by Gasteiger charge is 2.42. The topological polar surface area (TPSA) is 145 Å². The van der Waals surface area contributed by atoms with Crippen molar-refractivity contribution in [1.82, 2.24) is 20.0 Å². The van der Waals surface area contributed by atoms with Crippen LogP contribution in [0.15, 0.2) is 39.9 Å². The number of ether oxygens (including phenoxy) is 1. The quantitative estimate of drug-likeness (QED) is 0.452. The number of fused-ring (bicyclic) bond motifs is 1. The predicted octanol–water partition coefficient (Wildman–Crippen LogP) is 2.76. The largest absolute Gasteiger partial charge is 0.489 e. The Kier molecular flexibility index (Phi) is 7.55. The molecule has 1 aromatic carbocycles. The van der Waals surface area contributed by atoms with Gasteiger partial charge in [0, 0.05) is 13.0 Å². The summed E-state index contributed by atoms with van der Waals surface area (Å²) in [4.78, 5) is 23.9. The molecule has 0 aliphatic carbocycles. The monoisotopic (exact) mass is 594 g/mol. The van der Waals surface area contributed by atoms with Gasteiger partial charge in [-0.2, -0.15) is 4.98 Å². The average Bonchev–Trinajstić information content (AvgIpc) is 3.34. The van der Waals surface area contributed by atoms with Crippen LogP contribution < -0.4 is 15.4 Å². The zero-order valence-corrected chi connectivity index (χ0v) is 23.4. The molecule has 0 radical (unpaired) electrons. The summed E-state index contributed by atoms with van der Waals surface area (Å²) >= 11 is 0. The van der Waals surface area contributed by atoms with Gasteiger partial charge in [-0.1, -0.05) is 5.16 Å². The number of alkyl halides is 2. The second-order valence-corrected chi connectivity index (χ2v) is 12.7. The molecule has 4 heterocycles. The number of likely N-dealkylation sites (tertiary alicyclic amines) is 1.